The summed E-state index contributed by atoms with van der Waals surface area (Å²) in [6, 6.07) is 5.31. The van der Waals surface area contributed by atoms with Gasteiger partial charge in [-0.05, 0) is 78.2 Å². The van der Waals surface area contributed by atoms with Crippen LogP contribution in [-0.2, 0) is 24.6 Å². The normalized spacial score (nSPS) is 21.3. The number of rotatable bonds is 9. The maximum absolute atomic E-state index is 13.8. The van der Waals surface area contributed by atoms with E-state index in [1.165, 1.54) is 7.11 Å². The molecule has 3 atom stereocenters. The Hall–Kier alpha value is -1.80. The quantitative estimate of drug-likeness (QED) is 0.241. The van der Waals surface area contributed by atoms with E-state index < -0.39 is 43.2 Å². The maximum Gasteiger partial charge on any atom is 0.410 e. The summed E-state index contributed by atoms with van der Waals surface area (Å²) in [6.45, 7) is 34.3. The van der Waals surface area contributed by atoms with E-state index in [4.69, 9.17) is 27.5 Å². The third-order valence-corrected chi connectivity index (χ3v) is 24.1. The lowest BCUT2D eigenvalue weighted by Crippen LogP contribution is -2.60. The summed E-state index contributed by atoms with van der Waals surface area (Å²) in [5, 5.41) is -0.0591. The van der Waals surface area contributed by atoms with Crippen LogP contribution in [-0.4, -0.2) is 68.1 Å². The van der Waals surface area contributed by atoms with Crippen molar-refractivity contribution in [2.24, 2.45) is 0 Å². The molecule has 256 valence electrons. The van der Waals surface area contributed by atoms with Crippen molar-refractivity contribution < 1.29 is 32.3 Å². The number of hydrogen-bond acceptors (Lipinski definition) is 7. The highest BCUT2D eigenvalue weighted by atomic mass is 28.4. The number of nitrogens with zero attached hydrogens (tertiary/aromatic N) is 1. The molecule has 0 aromatic heterocycles. The van der Waals surface area contributed by atoms with Crippen LogP contribution in [0.1, 0.15) is 74.3 Å². The van der Waals surface area contributed by atoms with Crippen molar-refractivity contribution in [2.45, 2.75) is 148 Å². The first-order chi connectivity index (χ1) is 20.3. The van der Waals surface area contributed by atoms with Gasteiger partial charge in [0.1, 0.15) is 0 Å². The van der Waals surface area contributed by atoms with Gasteiger partial charge in [-0.15, -0.1) is 0 Å². The van der Waals surface area contributed by atoms with Crippen molar-refractivity contribution in [3.8, 4) is 11.5 Å². The third-order valence-electron chi connectivity index (χ3n) is 10.7. The lowest BCUT2D eigenvalue weighted by atomic mass is 9.93. The summed E-state index contributed by atoms with van der Waals surface area (Å²) in [6.07, 6.45) is 1.55. The van der Waals surface area contributed by atoms with Crippen LogP contribution in [0.4, 0.5) is 4.79 Å². The number of carbonyl (C=O) groups is 1. The van der Waals surface area contributed by atoms with Crippen molar-refractivity contribution >= 4 is 31.0 Å². The molecule has 45 heavy (non-hydrogen) atoms. The first-order valence-electron chi connectivity index (χ1n) is 16.3. The second-order valence-electron chi connectivity index (χ2n) is 17.2. The molecule has 1 aliphatic heterocycles. The molecule has 3 rings (SSSR count). The van der Waals surface area contributed by atoms with Gasteiger partial charge in [0.25, 0.3) is 0 Å². The fourth-order valence-corrected chi connectivity index (χ4v) is 8.45. The Labute approximate surface area is 276 Å². The van der Waals surface area contributed by atoms with E-state index >= 15 is 0 Å². The van der Waals surface area contributed by atoms with Crippen molar-refractivity contribution in [3.05, 3.63) is 35.6 Å². The van der Waals surface area contributed by atoms with E-state index in [0.717, 1.165) is 11.3 Å². The zero-order valence-electron chi connectivity index (χ0n) is 31.0. The predicted molar refractivity (Wildman–Crippen MR) is 189 cm³/mol. The highest BCUT2D eigenvalue weighted by molar-refractivity contribution is 6.75. The molecular weight excluding hydrogens is 619 g/mol. The number of ether oxygens (including phenoxy) is 3. The van der Waals surface area contributed by atoms with Crippen LogP contribution >= 0.6 is 0 Å². The molecule has 1 aliphatic carbocycles. The van der Waals surface area contributed by atoms with Gasteiger partial charge in [0.15, 0.2) is 28.1 Å². The van der Waals surface area contributed by atoms with E-state index in [2.05, 4.69) is 108 Å². The molecule has 0 spiro atoms. The molecule has 1 amide bonds. The van der Waals surface area contributed by atoms with E-state index in [1.807, 2.05) is 18.2 Å². The Bertz CT molecular complexity index is 1240. The summed E-state index contributed by atoms with van der Waals surface area (Å²) < 4.78 is 38.2. The van der Waals surface area contributed by atoms with Crippen LogP contribution in [0.5, 0.6) is 11.5 Å². The Morgan fingerprint density at radius 3 is 1.89 bits per heavy atom. The Morgan fingerprint density at radius 1 is 0.822 bits per heavy atom. The fourth-order valence-electron chi connectivity index (χ4n) is 4.68. The monoisotopic (exact) mass is 679 g/mol. The lowest BCUT2D eigenvalue weighted by Gasteiger charge is -2.50. The molecule has 8 nitrogen and oxygen atoms in total. The Kier molecular flexibility index (Phi) is 10.9. The van der Waals surface area contributed by atoms with Crippen molar-refractivity contribution in [2.75, 3.05) is 13.9 Å². The van der Waals surface area contributed by atoms with Crippen LogP contribution in [0.2, 0.25) is 54.4 Å². The topological polar surface area (TPSA) is 75.7 Å². The number of methoxy groups -OCH3 is 1. The molecule has 0 fully saturated rings. The van der Waals surface area contributed by atoms with Crippen LogP contribution in [0.25, 0.3) is 0 Å². The molecule has 0 bridgehead atoms. The van der Waals surface area contributed by atoms with Gasteiger partial charge < -0.3 is 27.5 Å². The number of carbonyl (C=O) groups excluding carboxylic acids is 1. The number of fused-ring (bicyclic) bond motifs is 1. The highest BCUT2D eigenvalue weighted by Gasteiger charge is 2.51. The van der Waals surface area contributed by atoms with Gasteiger partial charge in [-0.1, -0.05) is 68.4 Å². The van der Waals surface area contributed by atoms with Crippen molar-refractivity contribution in [3.63, 3.8) is 0 Å². The number of benzene rings is 1. The van der Waals surface area contributed by atoms with Crippen LogP contribution in [0, 0.1) is 0 Å². The van der Waals surface area contributed by atoms with Crippen LogP contribution < -0.4 is 9.47 Å². The maximum atomic E-state index is 13.8. The first-order valence-corrected chi connectivity index (χ1v) is 25.0. The molecule has 0 radical (unpaired) electrons. The minimum Gasteiger partial charge on any atom is -0.547 e. The molecule has 2 aliphatic rings. The van der Waals surface area contributed by atoms with Crippen LogP contribution in [0.15, 0.2) is 30.0 Å². The smallest absolute Gasteiger partial charge is 0.410 e. The second kappa shape index (κ2) is 13.0. The molecule has 0 unspecified atom stereocenters. The zero-order chi connectivity index (χ0) is 34.4. The van der Waals surface area contributed by atoms with Crippen molar-refractivity contribution in [1.29, 1.82) is 0 Å². The summed E-state index contributed by atoms with van der Waals surface area (Å²) in [4.78, 5) is 15.5. The highest BCUT2D eigenvalue weighted by Crippen LogP contribution is 2.46. The summed E-state index contributed by atoms with van der Waals surface area (Å²) in [5.41, 5.74) is 0.906. The van der Waals surface area contributed by atoms with E-state index in [9.17, 15) is 4.79 Å². The minimum atomic E-state index is -2.33. The van der Waals surface area contributed by atoms with E-state index in [1.54, 1.807) is 4.90 Å². The minimum absolute atomic E-state index is 0.00212. The van der Waals surface area contributed by atoms with Crippen molar-refractivity contribution in [1.82, 2.24) is 4.90 Å². The molecule has 0 saturated carbocycles. The average Bonchev–Trinajstić information content (AvgIpc) is 3.33. The third kappa shape index (κ3) is 8.57. The Balaban J connectivity index is 2.22. The van der Waals surface area contributed by atoms with E-state index in [0.29, 0.717) is 24.5 Å². The molecule has 0 saturated heterocycles. The summed E-state index contributed by atoms with van der Waals surface area (Å²) in [5.74, 6) is 2.24. The molecule has 11 heteroatoms. The second-order valence-corrected chi connectivity index (χ2v) is 31.5. The largest absolute Gasteiger partial charge is 0.547 e. The summed E-state index contributed by atoms with van der Waals surface area (Å²) >= 11 is 0. The van der Waals surface area contributed by atoms with Gasteiger partial charge in [0, 0.05) is 13.0 Å². The van der Waals surface area contributed by atoms with Gasteiger partial charge in [-0.2, -0.15) is 0 Å². The average molecular weight is 680 g/mol. The molecule has 1 heterocycles. The van der Waals surface area contributed by atoms with Gasteiger partial charge >= 0.3 is 6.09 Å². The zero-order valence-corrected chi connectivity index (χ0v) is 34.0. The SMILES string of the molecule is COC(=O)N(Cc1ccc2c(c1)OCO2)[C@@H]1C=C(O[Si](C)(C)C(C)(C)C)C[C@@H](O[Si](C)(C)C(C)(C)C)[C@H]1O[Si](C)(C)C(C)(C)C. The van der Waals surface area contributed by atoms with Gasteiger partial charge in [-0.25, -0.2) is 4.79 Å². The van der Waals surface area contributed by atoms with E-state index in [-0.39, 0.29) is 28.0 Å². The summed E-state index contributed by atoms with van der Waals surface area (Å²) in [7, 11) is -5.38. The molecular formula is C34H61NO7Si3. The number of amides is 1. The lowest BCUT2D eigenvalue weighted by molar-refractivity contribution is -0.0224. The molecule has 0 N–H and O–H groups in total. The predicted octanol–water partition coefficient (Wildman–Crippen LogP) is 9.44. The van der Waals surface area contributed by atoms with Crippen LogP contribution in [0.3, 0.4) is 0 Å². The van der Waals surface area contributed by atoms with Gasteiger partial charge in [-0.3, -0.25) is 4.90 Å². The first kappa shape index (κ1) is 37.7. The standard InChI is InChI=1S/C34H61NO7Si3/c1-32(2,3)43(11,12)40-25-20-26(35(31(36)37-10)22-24-17-18-27-28(19-24)39-23-38-27)30(42-45(15,16)34(7,8)9)29(21-25)41-44(13,14)33(4,5)6/h17-20,26,29-30H,21-23H2,1-16H3/t26-,29-,30+/m1/s1. The molecule has 1 aromatic carbocycles. The van der Waals surface area contributed by atoms with Gasteiger partial charge in [0.2, 0.25) is 15.1 Å². The molecule has 1 aromatic rings. The fraction of sp³-hybridized carbons (Fsp3) is 0.735. The Morgan fingerprint density at radius 2 is 1.36 bits per heavy atom. The number of hydrogen-bond donors (Lipinski definition) is 0. The van der Waals surface area contributed by atoms with Gasteiger partial charge in [0.05, 0.1) is 31.1 Å².